The SMILES string of the molecule is CC(Oc1ccc(Cl)cc1)C(=O)OCC(=O)Nc1c(Cl)cc(Cl)cc1Cl. The molecule has 0 heterocycles. The Labute approximate surface area is 170 Å². The van der Waals surface area contributed by atoms with Gasteiger partial charge in [0.15, 0.2) is 12.7 Å². The van der Waals surface area contributed by atoms with Crippen molar-refractivity contribution in [2.24, 2.45) is 0 Å². The molecule has 0 radical (unpaired) electrons. The molecule has 2 aromatic rings. The summed E-state index contributed by atoms with van der Waals surface area (Å²) >= 11 is 23.5. The van der Waals surface area contributed by atoms with Crippen LogP contribution in [0.2, 0.25) is 20.1 Å². The summed E-state index contributed by atoms with van der Waals surface area (Å²) in [5.74, 6) is -0.866. The van der Waals surface area contributed by atoms with Crippen molar-refractivity contribution in [3.8, 4) is 5.75 Å². The molecule has 0 spiro atoms. The molecule has 0 aliphatic heterocycles. The summed E-state index contributed by atoms with van der Waals surface area (Å²) in [7, 11) is 0. The first-order valence-electron chi connectivity index (χ1n) is 7.29. The number of amides is 1. The van der Waals surface area contributed by atoms with Gasteiger partial charge in [-0.3, -0.25) is 4.79 Å². The minimum Gasteiger partial charge on any atom is -0.479 e. The fourth-order valence-electron chi connectivity index (χ4n) is 1.86. The normalized spacial score (nSPS) is 11.6. The molecule has 1 atom stereocenters. The Morgan fingerprint density at radius 3 is 2.15 bits per heavy atom. The molecule has 0 aromatic heterocycles. The number of carbonyl (C=O) groups excluding carboxylic acids is 2. The Hall–Kier alpha value is -1.66. The van der Waals surface area contributed by atoms with Crippen LogP contribution in [-0.2, 0) is 14.3 Å². The number of ether oxygens (including phenoxy) is 2. The highest BCUT2D eigenvalue weighted by Crippen LogP contribution is 2.33. The van der Waals surface area contributed by atoms with Crippen LogP contribution in [0.1, 0.15) is 6.92 Å². The number of hydrogen-bond acceptors (Lipinski definition) is 4. The van der Waals surface area contributed by atoms with E-state index < -0.39 is 24.6 Å². The van der Waals surface area contributed by atoms with Crippen LogP contribution >= 0.6 is 46.4 Å². The van der Waals surface area contributed by atoms with Crippen LogP contribution in [0, 0.1) is 0 Å². The second-order valence-electron chi connectivity index (χ2n) is 5.11. The zero-order chi connectivity index (χ0) is 19.3. The molecule has 1 amide bonds. The summed E-state index contributed by atoms with van der Waals surface area (Å²) < 4.78 is 10.3. The summed E-state index contributed by atoms with van der Waals surface area (Å²) in [6, 6.07) is 9.34. The first-order chi connectivity index (χ1) is 12.3. The molecule has 0 bridgehead atoms. The Morgan fingerprint density at radius 2 is 1.58 bits per heavy atom. The molecule has 0 aliphatic rings. The van der Waals surface area contributed by atoms with Crippen LogP contribution in [0.25, 0.3) is 0 Å². The zero-order valence-corrected chi connectivity index (χ0v) is 16.4. The van der Waals surface area contributed by atoms with Crippen LogP contribution in [0.3, 0.4) is 0 Å². The minimum atomic E-state index is -0.910. The van der Waals surface area contributed by atoms with E-state index in [1.165, 1.54) is 19.1 Å². The zero-order valence-electron chi connectivity index (χ0n) is 13.4. The Balaban J connectivity index is 1.86. The van der Waals surface area contributed by atoms with Crippen LogP contribution in [0.5, 0.6) is 5.75 Å². The molecular formula is C17H13Cl4NO4. The fraction of sp³-hybridized carbons (Fsp3) is 0.176. The summed E-state index contributed by atoms with van der Waals surface area (Å²) in [6.07, 6.45) is -0.910. The quantitative estimate of drug-likeness (QED) is 0.628. The van der Waals surface area contributed by atoms with Gasteiger partial charge in [-0.15, -0.1) is 0 Å². The van der Waals surface area contributed by atoms with Crippen molar-refractivity contribution < 1.29 is 19.1 Å². The number of carbonyl (C=O) groups is 2. The topological polar surface area (TPSA) is 64.6 Å². The number of hydrogen-bond donors (Lipinski definition) is 1. The lowest BCUT2D eigenvalue weighted by Crippen LogP contribution is -2.29. The van der Waals surface area contributed by atoms with Crippen LogP contribution in [0.15, 0.2) is 36.4 Å². The van der Waals surface area contributed by atoms with Crippen LogP contribution < -0.4 is 10.1 Å². The third-order valence-corrected chi connectivity index (χ3v) is 4.14. The van der Waals surface area contributed by atoms with Crippen molar-refractivity contribution in [3.05, 3.63) is 56.5 Å². The maximum atomic E-state index is 11.9. The molecule has 1 N–H and O–H groups in total. The molecular weight excluding hydrogens is 424 g/mol. The number of anilines is 1. The first-order valence-corrected chi connectivity index (χ1v) is 8.80. The molecule has 0 saturated heterocycles. The first kappa shape index (κ1) is 20.6. The molecule has 0 saturated carbocycles. The van der Waals surface area contributed by atoms with Crippen LogP contribution in [-0.4, -0.2) is 24.6 Å². The van der Waals surface area contributed by atoms with Gasteiger partial charge in [0.1, 0.15) is 5.75 Å². The molecule has 138 valence electrons. The van der Waals surface area contributed by atoms with Crippen molar-refractivity contribution >= 4 is 64.0 Å². The summed E-state index contributed by atoms with van der Waals surface area (Å²) in [5.41, 5.74) is 0.184. The van der Waals surface area contributed by atoms with Gasteiger partial charge < -0.3 is 14.8 Å². The van der Waals surface area contributed by atoms with E-state index in [-0.39, 0.29) is 15.7 Å². The van der Waals surface area contributed by atoms with Gasteiger partial charge in [-0.2, -0.15) is 0 Å². The van der Waals surface area contributed by atoms with E-state index in [4.69, 9.17) is 55.9 Å². The van der Waals surface area contributed by atoms with Gasteiger partial charge >= 0.3 is 5.97 Å². The Bertz CT molecular complexity index is 788. The van der Waals surface area contributed by atoms with E-state index in [0.29, 0.717) is 15.8 Å². The van der Waals surface area contributed by atoms with E-state index >= 15 is 0 Å². The maximum Gasteiger partial charge on any atom is 0.347 e. The predicted molar refractivity (Wildman–Crippen MR) is 103 cm³/mol. The molecule has 9 heteroatoms. The van der Waals surface area contributed by atoms with Gasteiger partial charge in [0.2, 0.25) is 0 Å². The lowest BCUT2D eigenvalue weighted by molar-refractivity contribution is -0.153. The van der Waals surface area contributed by atoms with Crippen molar-refractivity contribution in [3.63, 3.8) is 0 Å². The van der Waals surface area contributed by atoms with Gasteiger partial charge in [0, 0.05) is 10.0 Å². The number of benzene rings is 2. The van der Waals surface area contributed by atoms with Gasteiger partial charge in [0.25, 0.3) is 5.91 Å². The maximum absolute atomic E-state index is 11.9. The van der Waals surface area contributed by atoms with E-state index in [1.807, 2.05) is 0 Å². The molecule has 0 aliphatic carbocycles. The van der Waals surface area contributed by atoms with Gasteiger partial charge in [-0.05, 0) is 43.3 Å². The molecule has 2 rings (SSSR count). The second-order valence-corrected chi connectivity index (χ2v) is 6.80. The fourth-order valence-corrected chi connectivity index (χ4v) is 2.89. The third-order valence-electron chi connectivity index (χ3n) is 3.08. The van der Waals surface area contributed by atoms with E-state index in [1.54, 1.807) is 24.3 Å². The van der Waals surface area contributed by atoms with Crippen molar-refractivity contribution in [1.82, 2.24) is 0 Å². The van der Waals surface area contributed by atoms with Gasteiger partial charge in [0.05, 0.1) is 15.7 Å². The predicted octanol–water partition coefficient (Wildman–Crippen LogP) is 5.25. The Morgan fingerprint density at radius 1 is 1.00 bits per heavy atom. The van der Waals surface area contributed by atoms with E-state index in [9.17, 15) is 9.59 Å². The lowest BCUT2D eigenvalue weighted by atomic mass is 10.3. The van der Waals surface area contributed by atoms with Gasteiger partial charge in [-0.25, -0.2) is 4.79 Å². The van der Waals surface area contributed by atoms with Gasteiger partial charge in [-0.1, -0.05) is 46.4 Å². The average Bonchev–Trinajstić information content (AvgIpc) is 2.57. The smallest absolute Gasteiger partial charge is 0.347 e. The monoisotopic (exact) mass is 435 g/mol. The standard InChI is InChI=1S/C17H13Cl4NO4/c1-9(26-12-4-2-10(18)3-5-12)17(24)25-8-15(23)22-16-13(20)6-11(19)7-14(16)21/h2-7,9H,8H2,1H3,(H,22,23). The highest BCUT2D eigenvalue weighted by Gasteiger charge is 2.19. The lowest BCUT2D eigenvalue weighted by Gasteiger charge is -2.14. The summed E-state index contributed by atoms with van der Waals surface area (Å²) in [4.78, 5) is 23.9. The number of nitrogens with one attached hydrogen (secondary N) is 1. The van der Waals surface area contributed by atoms with Crippen molar-refractivity contribution in [2.75, 3.05) is 11.9 Å². The summed E-state index contributed by atoms with van der Waals surface area (Å²) in [5, 5.41) is 3.67. The number of esters is 1. The molecule has 5 nitrogen and oxygen atoms in total. The molecule has 26 heavy (non-hydrogen) atoms. The van der Waals surface area contributed by atoms with E-state index in [2.05, 4.69) is 5.32 Å². The number of halogens is 4. The third kappa shape index (κ3) is 5.95. The molecule has 0 fully saturated rings. The second kappa shape index (κ2) is 9.33. The molecule has 2 aromatic carbocycles. The van der Waals surface area contributed by atoms with E-state index in [0.717, 1.165) is 0 Å². The van der Waals surface area contributed by atoms with Crippen molar-refractivity contribution in [2.45, 2.75) is 13.0 Å². The minimum absolute atomic E-state index is 0.168. The Kier molecular flexibility index (Phi) is 7.41. The highest BCUT2D eigenvalue weighted by molar-refractivity contribution is 6.42. The molecule has 1 unspecified atom stereocenters. The highest BCUT2D eigenvalue weighted by atomic mass is 35.5. The number of rotatable bonds is 6. The average molecular weight is 437 g/mol. The van der Waals surface area contributed by atoms with Crippen molar-refractivity contribution in [1.29, 1.82) is 0 Å². The van der Waals surface area contributed by atoms with Crippen LogP contribution in [0.4, 0.5) is 5.69 Å². The largest absolute Gasteiger partial charge is 0.479 e. The summed E-state index contributed by atoms with van der Waals surface area (Å²) in [6.45, 7) is 0.976.